The minimum Gasteiger partial charge on any atom is -0.398 e. The van der Waals surface area contributed by atoms with Crippen LogP contribution in [0.1, 0.15) is 22.4 Å². The molecule has 0 aliphatic rings. The van der Waals surface area contributed by atoms with Crippen molar-refractivity contribution in [2.75, 3.05) is 10.5 Å². The third-order valence-electron chi connectivity index (χ3n) is 3.47. The lowest BCUT2D eigenvalue weighted by atomic mass is 10.1. The van der Waals surface area contributed by atoms with E-state index in [4.69, 9.17) is 5.73 Å². The highest BCUT2D eigenvalue weighted by Gasteiger charge is 2.23. The third-order valence-corrected chi connectivity index (χ3v) is 5.11. The van der Waals surface area contributed by atoms with Crippen molar-refractivity contribution in [2.24, 2.45) is 7.05 Å². The van der Waals surface area contributed by atoms with E-state index in [0.29, 0.717) is 22.6 Å². The first-order valence-corrected chi connectivity index (χ1v) is 8.01. The van der Waals surface area contributed by atoms with Gasteiger partial charge in [-0.15, -0.1) is 0 Å². The number of hydrogen-bond donors (Lipinski definition) is 2. The number of rotatable bonds is 3. The molecule has 0 bridgehead atoms. The van der Waals surface area contributed by atoms with Gasteiger partial charge in [0, 0.05) is 18.8 Å². The fourth-order valence-electron chi connectivity index (χ4n) is 2.49. The zero-order chi connectivity index (χ0) is 15.9. The minimum absolute atomic E-state index is 0.226. The summed E-state index contributed by atoms with van der Waals surface area (Å²) < 4.78 is 29.4. The number of benzene rings is 1. The lowest BCUT2D eigenvalue weighted by Crippen LogP contribution is -2.18. The number of nitrogens with two attached hydrogens (primary N) is 1. The van der Waals surface area contributed by atoms with Crippen LogP contribution < -0.4 is 10.5 Å². The van der Waals surface area contributed by atoms with Crippen molar-refractivity contribution in [3.63, 3.8) is 0 Å². The molecule has 0 fully saturated rings. The van der Waals surface area contributed by atoms with Crippen LogP contribution in [0, 0.1) is 27.7 Å². The van der Waals surface area contributed by atoms with Crippen LogP contribution in [0.25, 0.3) is 0 Å². The topological polar surface area (TPSA) is 90.0 Å². The van der Waals surface area contributed by atoms with Crippen LogP contribution in [0.15, 0.2) is 17.0 Å². The maximum atomic E-state index is 12.7. The molecule has 7 heteroatoms. The molecule has 6 nitrogen and oxygen atoms in total. The number of aryl methyl sites for hydroxylation is 4. The second-order valence-corrected chi connectivity index (χ2v) is 6.90. The summed E-state index contributed by atoms with van der Waals surface area (Å²) in [6, 6.07) is 3.46. The van der Waals surface area contributed by atoms with Gasteiger partial charge in [0.15, 0.2) is 0 Å². The fourth-order valence-corrected chi connectivity index (χ4v) is 4.05. The minimum atomic E-state index is -3.71. The van der Waals surface area contributed by atoms with E-state index in [9.17, 15) is 8.42 Å². The smallest absolute Gasteiger partial charge is 0.263 e. The molecule has 2 aromatic rings. The Labute approximate surface area is 125 Å². The van der Waals surface area contributed by atoms with Crippen LogP contribution in [0.4, 0.5) is 11.5 Å². The molecule has 1 aromatic carbocycles. The Bertz CT molecular complexity index is 807. The van der Waals surface area contributed by atoms with E-state index in [-0.39, 0.29) is 4.90 Å². The van der Waals surface area contributed by atoms with E-state index in [1.165, 1.54) is 4.68 Å². The number of nitrogens with one attached hydrogen (secondary N) is 1. The molecule has 0 saturated heterocycles. The maximum absolute atomic E-state index is 12.7. The Morgan fingerprint density at radius 3 is 2.29 bits per heavy atom. The zero-order valence-electron chi connectivity index (χ0n) is 12.9. The van der Waals surface area contributed by atoms with Crippen molar-refractivity contribution in [3.8, 4) is 0 Å². The molecule has 0 unspecified atom stereocenters. The Kier molecular flexibility index (Phi) is 3.71. The van der Waals surface area contributed by atoms with E-state index >= 15 is 0 Å². The van der Waals surface area contributed by atoms with Crippen LogP contribution in [0.5, 0.6) is 0 Å². The molecular weight excluding hydrogens is 288 g/mol. The van der Waals surface area contributed by atoms with Crippen molar-refractivity contribution in [2.45, 2.75) is 32.6 Å². The molecule has 0 spiro atoms. The Hall–Kier alpha value is -2.02. The fraction of sp³-hybridized carbons (Fsp3) is 0.357. The van der Waals surface area contributed by atoms with Crippen molar-refractivity contribution in [3.05, 3.63) is 34.5 Å². The average Bonchev–Trinajstić information content (AvgIpc) is 2.63. The summed E-state index contributed by atoms with van der Waals surface area (Å²) in [5, 5.41) is 4.13. The van der Waals surface area contributed by atoms with Gasteiger partial charge in [-0.2, -0.15) is 5.10 Å². The van der Waals surface area contributed by atoms with Crippen LogP contribution in [0.2, 0.25) is 0 Å². The van der Waals surface area contributed by atoms with E-state index in [1.807, 2.05) is 6.92 Å². The van der Waals surface area contributed by atoms with Gasteiger partial charge in [0.1, 0.15) is 5.82 Å². The summed E-state index contributed by atoms with van der Waals surface area (Å²) in [5.41, 5.74) is 9.33. The molecule has 0 saturated carbocycles. The van der Waals surface area contributed by atoms with Gasteiger partial charge < -0.3 is 5.73 Å². The first-order valence-electron chi connectivity index (χ1n) is 6.53. The predicted octanol–water partition coefficient (Wildman–Crippen LogP) is 2.04. The van der Waals surface area contributed by atoms with Crippen molar-refractivity contribution in [1.82, 2.24) is 9.78 Å². The summed E-state index contributed by atoms with van der Waals surface area (Å²) >= 11 is 0. The van der Waals surface area contributed by atoms with Crippen LogP contribution >= 0.6 is 0 Å². The predicted molar refractivity (Wildman–Crippen MR) is 83.8 cm³/mol. The van der Waals surface area contributed by atoms with Gasteiger partial charge in [-0.3, -0.25) is 9.40 Å². The summed E-state index contributed by atoms with van der Waals surface area (Å²) in [6.45, 7) is 7.16. The number of nitrogen functional groups attached to an aromatic ring is 1. The lowest BCUT2D eigenvalue weighted by Gasteiger charge is -2.16. The summed E-state index contributed by atoms with van der Waals surface area (Å²) in [4.78, 5) is 0.226. The quantitative estimate of drug-likeness (QED) is 0.849. The maximum Gasteiger partial charge on any atom is 0.263 e. The van der Waals surface area contributed by atoms with Gasteiger partial charge in [0.2, 0.25) is 0 Å². The largest absolute Gasteiger partial charge is 0.398 e. The van der Waals surface area contributed by atoms with Crippen molar-refractivity contribution < 1.29 is 8.42 Å². The summed E-state index contributed by atoms with van der Waals surface area (Å²) in [7, 11) is -2.03. The Balaban J connectivity index is 2.55. The standard InChI is InChI=1S/C14H20N4O2S/c1-8-6-9(2)14(11(4)13(8)15)21(19,20)17-12-7-10(3)16-18(12)5/h6-7,17H,15H2,1-5H3. The highest BCUT2D eigenvalue weighted by atomic mass is 32.2. The van der Waals surface area contributed by atoms with Gasteiger partial charge >= 0.3 is 0 Å². The number of anilines is 2. The molecule has 21 heavy (non-hydrogen) atoms. The molecule has 0 atom stereocenters. The van der Waals surface area contributed by atoms with E-state index < -0.39 is 10.0 Å². The molecule has 2 rings (SSSR count). The van der Waals surface area contributed by atoms with Crippen LogP contribution in [-0.2, 0) is 17.1 Å². The van der Waals surface area contributed by atoms with E-state index in [2.05, 4.69) is 9.82 Å². The summed E-state index contributed by atoms with van der Waals surface area (Å²) in [6.07, 6.45) is 0. The Morgan fingerprint density at radius 1 is 1.14 bits per heavy atom. The van der Waals surface area contributed by atoms with E-state index in [1.54, 1.807) is 40.0 Å². The molecule has 114 valence electrons. The Morgan fingerprint density at radius 2 is 1.76 bits per heavy atom. The van der Waals surface area contributed by atoms with Crippen LogP contribution in [0.3, 0.4) is 0 Å². The molecule has 1 aromatic heterocycles. The SMILES string of the molecule is Cc1cc(NS(=O)(=O)c2c(C)cc(C)c(N)c2C)n(C)n1. The molecule has 1 heterocycles. The van der Waals surface area contributed by atoms with Crippen molar-refractivity contribution in [1.29, 1.82) is 0 Å². The number of aromatic nitrogens is 2. The lowest BCUT2D eigenvalue weighted by molar-refractivity contribution is 0.599. The molecule has 0 radical (unpaired) electrons. The normalized spacial score (nSPS) is 11.7. The van der Waals surface area contributed by atoms with Gasteiger partial charge in [-0.1, -0.05) is 6.07 Å². The van der Waals surface area contributed by atoms with E-state index in [0.717, 1.165) is 11.3 Å². The number of nitrogens with zero attached hydrogens (tertiary/aromatic N) is 2. The molecule has 3 N–H and O–H groups in total. The highest BCUT2D eigenvalue weighted by Crippen LogP contribution is 2.29. The third kappa shape index (κ3) is 2.73. The summed E-state index contributed by atoms with van der Waals surface area (Å²) in [5.74, 6) is 0.422. The van der Waals surface area contributed by atoms with Crippen molar-refractivity contribution >= 4 is 21.5 Å². The molecule has 0 amide bonds. The number of hydrogen-bond acceptors (Lipinski definition) is 4. The van der Waals surface area contributed by atoms with Gasteiger partial charge in [-0.25, -0.2) is 8.42 Å². The monoisotopic (exact) mass is 308 g/mol. The molecule has 0 aliphatic heterocycles. The zero-order valence-corrected chi connectivity index (χ0v) is 13.7. The second-order valence-electron chi connectivity index (χ2n) is 5.28. The molecule has 0 aliphatic carbocycles. The first kappa shape index (κ1) is 15.4. The average molecular weight is 308 g/mol. The van der Waals surface area contributed by atoms with Crippen LogP contribution in [-0.4, -0.2) is 18.2 Å². The van der Waals surface area contributed by atoms with Gasteiger partial charge in [0.25, 0.3) is 10.0 Å². The second kappa shape index (κ2) is 5.07. The highest BCUT2D eigenvalue weighted by molar-refractivity contribution is 7.92. The number of sulfonamides is 1. The molecular formula is C14H20N4O2S. The first-order chi connectivity index (χ1) is 9.63. The van der Waals surface area contributed by atoms with Gasteiger partial charge in [-0.05, 0) is 44.4 Å². The van der Waals surface area contributed by atoms with Gasteiger partial charge in [0.05, 0.1) is 10.6 Å².